The van der Waals surface area contributed by atoms with E-state index in [0.29, 0.717) is 17.1 Å². The van der Waals surface area contributed by atoms with Crippen molar-refractivity contribution >= 4 is 99.0 Å². The number of nitrogens with one attached hydrogen (secondary N) is 2. The first-order chi connectivity index (χ1) is 28.7. The summed E-state index contributed by atoms with van der Waals surface area (Å²) in [6.45, 7) is -0.146. The predicted octanol–water partition coefficient (Wildman–Crippen LogP) is -1.27. The fourth-order valence-corrected chi connectivity index (χ4v) is 10.3. The Balaban J connectivity index is 0.000000213. The Morgan fingerprint density at radius 2 is 1.70 bits per heavy atom. The minimum atomic E-state index is -1.26. The zero-order chi connectivity index (χ0) is 43.2. The van der Waals surface area contributed by atoms with Gasteiger partial charge in [-0.2, -0.15) is 0 Å². The Morgan fingerprint density at radius 3 is 2.35 bits per heavy atom. The average molecular weight is 903 g/mol. The van der Waals surface area contributed by atoms with Gasteiger partial charge in [0.1, 0.15) is 53.6 Å². The third kappa shape index (κ3) is 9.23. The number of β-lactam (4-membered cyclic amide) rings is 2. The average Bonchev–Trinajstić information content (AvgIpc) is 3.87. The number of aliphatic carboxylic acids is 3. The number of carboxylic acid groups (broad SMARTS) is 3. The molecule has 0 unspecified atom stereocenters. The Hall–Kier alpha value is -6.03. The van der Waals surface area contributed by atoms with E-state index < -0.39 is 65.0 Å². The summed E-state index contributed by atoms with van der Waals surface area (Å²) in [5.41, 5.74) is 13.3. The molecule has 60 heavy (non-hydrogen) atoms. The van der Waals surface area contributed by atoms with Crippen molar-refractivity contribution in [2.24, 2.45) is 10.9 Å². The summed E-state index contributed by atoms with van der Waals surface area (Å²) in [6, 6.07) is 5.59. The van der Waals surface area contributed by atoms with Crippen LogP contribution in [0.4, 0.5) is 5.13 Å². The number of rotatable bonds is 15. The van der Waals surface area contributed by atoms with Crippen molar-refractivity contribution in [2.75, 3.05) is 30.1 Å². The van der Waals surface area contributed by atoms with E-state index in [1.807, 2.05) is 12.1 Å². The fraction of sp³-hybridized carbons (Fsp3) is 0.333. The highest BCUT2D eigenvalue weighted by Crippen LogP contribution is 2.42. The molecule has 0 bridgehead atoms. The number of carboxylic acids is 3. The van der Waals surface area contributed by atoms with Crippen LogP contribution in [0.3, 0.4) is 0 Å². The molecule has 23 nitrogen and oxygen atoms in total. The van der Waals surface area contributed by atoms with E-state index in [0.717, 1.165) is 43.8 Å². The van der Waals surface area contributed by atoms with Gasteiger partial charge in [0.25, 0.3) is 17.7 Å². The fourth-order valence-electron chi connectivity index (χ4n) is 6.24. The number of nitrogens with two attached hydrogens (primary N) is 2. The molecule has 3 aromatic rings. The minimum absolute atomic E-state index is 0.0586. The third-order valence-electron chi connectivity index (χ3n) is 8.93. The van der Waals surface area contributed by atoms with Crippen LogP contribution in [0.25, 0.3) is 0 Å². The van der Waals surface area contributed by atoms with Gasteiger partial charge >= 0.3 is 17.9 Å². The van der Waals surface area contributed by atoms with Crippen LogP contribution in [-0.2, 0) is 57.9 Å². The quantitative estimate of drug-likeness (QED) is 0.0405. The number of nitrogens with zero attached hydrogens (tertiary/aromatic N) is 8. The number of amides is 4. The number of hydrogen-bond donors (Lipinski definition) is 7. The lowest BCUT2D eigenvalue weighted by atomic mass is 10.0. The molecular formula is C33H34N12O11S4. The molecule has 4 amide bonds. The molecule has 4 aliphatic rings. The number of oxime groups is 1. The number of thioether (sulfide) groups is 3. The maximum atomic E-state index is 12.8. The summed E-state index contributed by atoms with van der Waals surface area (Å²) in [6.07, 6.45) is 1.53. The van der Waals surface area contributed by atoms with Crippen LogP contribution in [0.1, 0.15) is 16.8 Å². The Labute approximate surface area is 355 Å². The van der Waals surface area contributed by atoms with E-state index in [-0.39, 0.29) is 57.7 Å². The monoisotopic (exact) mass is 902 g/mol. The summed E-state index contributed by atoms with van der Waals surface area (Å²) < 4.78 is 1.09. The van der Waals surface area contributed by atoms with Crippen LogP contribution < -0.4 is 22.1 Å². The van der Waals surface area contributed by atoms with Crippen LogP contribution in [-0.4, -0.2) is 145 Å². The minimum Gasteiger partial charge on any atom is -0.480 e. The molecule has 0 spiro atoms. The van der Waals surface area contributed by atoms with Gasteiger partial charge in [-0.15, -0.1) is 40.0 Å². The number of carbonyl (C=O) groups excluding carboxylic acids is 4. The molecule has 4 atom stereocenters. The van der Waals surface area contributed by atoms with Gasteiger partial charge in [0, 0.05) is 29.2 Å². The van der Waals surface area contributed by atoms with Crippen molar-refractivity contribution in [3.63, 3.8) is 0 Å². The van der Waals surface area contributed by atoms with Crippen molar-refractivity contribution in [3.8, 4) is 0 Å². The number of fused-ring (bicyclic) bond motifs is 2. The second-order valence-electron chi connectivity index (χ2n) is 12.6. The predicted molar refractivity (Wildman–Crippen MR) is 215 cm³/mol. The Morgan fingerprint density at radius 1 is 1.00 bits per heavy atom. The lowest BCUT2D eigenvalue weighted by Crippen LogP contribution is -2.70. The number of tetrazole rings is 1. The van der Waals surface area contributed by atoms with Crippen LogP contribution in [0.15, 0.2) is 63.0 Å². The highest BCUT2D eigenvalue weighted by Gasteiger charge is 2.55. The van der Waals surface area contributed by atoms with Crippen molar-refractivity contribution in [3.05, 3.63) is 69.5 Å². The van der Waals surface area contributed by atoms with Gasteiger partial charge in [0.05, 0.1) is 6.42 Å². The first-order valence-corrected chi connectivity index (χ1v) is 21.3. The number of benzene rings is 1. The van der Waals surface area contributed by atoms with Gasteiger partial charge in [-0.3, -0.25) is 33.8 Å². The van der Waals surface area contributed by atoms with Gasteiger partial charge in [0.2, 0.25) is 11.1 Å². The molecule has 7 rings (SSSR count). The molecular weight excluding hydrogens is 869 g/mol. The maximum Gasteiger partial charge on any atom is 0.352 e. The number of hydrogen-bond acceptors (Lipinski definition) is 19. The summed E-state index contributed by atoms with van der Waals surface area (Å²) in [4.78, 5) is 95.3. The van der Waals surface area contributed by atoms with E-state index in [9.17, 15) is 38.7 Å². The van der Waals surface area contributed by atoms with Crippen molar-refractivity contribution in [1.29, 1.82) is 0 Å². The smallest absolute Gasteiger partial charge is 0.352 e. The highest BCUT2D eigenvalue weighted by atomic mass is 32.2. The molecule has 27 heteroatoms. The molecule has 4 aliphatic heterocycles. The molecule has 0 radical (unpaired) electrons. The van der Waals surface area contributed by atoms with Gasteiger partial charge in [-0.25, -0.2) is 19.3 Å². The van der Waals surface area contributed by atoms with E-state index in [4.69, 9.17) is 21.7 Å². The van der Waals surface area contributed by atoms with E-state index in [2.05, 4.69) is 41.1 Å². The number of anilines is 1. The number of nitrogen functional groups attached to an aromatic ring is 1. The van der Waals surface area contributed by atoms with Crippen molar-refractivity contribution < 1.29 is 53.7 Å². The van der Waals surface area contributed by atoms with Crippen LogP contribution in [0.5, 0.6) is 0 Å². The van der Waals surface area contributed by atoms with Gasteiger partial charge in [-0.1, -0.05) is 41.2 Å². The molecule has 2 fully saturated rings. The topological polar surface area (TPSA) is 341 Å². The molecule has 2 aromatic heterocycles. The van der Waals surface area contributed by atoms with Gasteiger partial charge in [-0.05, 0) is 33.2 Å². The normalized spacial score (nSPS) is 20.6. The maximum absolute atomic E-state index is 12.8. The van der Waals surface area contributed by atoms with E-state index in [1.165, 1.54) is 41.6 Å². The molecule has 1 aromatic carbocycles. The molecule has 0 aliphatic carbocycles. The first-order valence-electron chi connectivity index (χ1n) is 17.3. The Bertz CT molecular complexity index is 2330. The zero-order valence-electron chi connectivity index (χ0n) is 31.0. The van der Waals surface area contributed by atoms with Crippen LogP contribution in [0.2, 0.25) is 0 Å². The molecule has 2 saturated heterocycles. The van der Waals surface area contributed by atoms with Crippen molar-refractivity contribution in [1.82, 2.24) is 45.6 Å². The number of thiazole rings is 1. The lowest BCUT2D eigenvalue weighted by Gasteiger charge is -2.49. The van der Waals surface area contributed by atoms with Gasteiger partial charge < -0.3 is 42.3 Å². The SMILES string of the molecule is CO/N=C(\C(=O)N[C@@H]1C(=O)N2C(C(=O)O)=CCS[C@H]12)c1csc(N)n1.NCc1ccccc1CC(=O)N[C@@H]1C(=O)N2C(C(=O)O)=C(CSc3nnnn3CC(=O)O)CS[C@H]12. The summed E-state index contributed by atoms with van der Waals surface area (Å²) in [7, 11) is 1.28. The Kier molecular flexibility index (Phi) is 13.7. The summed E-state index contributed by atoms with van der Waals surface area (Å²) in [5, 5.41) is 48.7. The van der Waals surface area contributed by atoms with Gasteiger partial charge in [0.15, 0.2) is 10.8 Å². The molecule has 0 saturated carbocycles. The second kappa shape index (κ2) is 18.9. The number of carbonyl (C=O) groups is 7. The third-order valence-corrected chi connectivity index (χ3v) is 13.2. The first kappa shape index (κ1) is 43.5. The largest absolute Gasteiger partial charge is 0.480 e. The standard InChI is InChI=1S/C20H21N7O6S2.C13H13N5O5S2/c21-6-11-4-2-1-3-10(11)5-13(28)22-15-17(31)27-16(19(32)33)12(8-34-18(15)27)9-35-20-23-24-25-26(20)7-14(29)30;1-23-17-7(5-4-25-13(14)15-5)9(19)16-8-10(20)18-6(12(21)22)2-3-24-11(8)18/h1-4,15,18H,5-9,21H2,(H,22,28)(H,29,30)(H,32,33);2,4,8,11H,3H2,1H3,(H2,14,15)(H,16,19)(H,21,22)/b;17-7-/t15-,18-;8-,11-/m11/s1. The molecule has 6 heterocycles. The van der Waals surface area contributed by atoms with E-state index in [1.54, 1.807) is 17.5 Å². The number of aromatic nitrogens is 5. The zero-order valence-corrected chi connectivity index (χ0v) is 34.3. The lowest BCUT2D eigenvalue weighted by molar-refractivity contribution is -0.150. The molecule has 9 N–H and O–H groups in total. The highest BCUT2D eigenvalue weighted by molar-refractivity contribution is 8.01. The second-order valence-corrected chi connectivity index (χ2v) is 16.7. The van der Waals surface area contributed by atoms with E-state index >= 15 is 0 Å². The molecule has 316 valence electrons. The van der Waals surface area contributed by atoms with Crippen LogP contribution >= 0.6 is 46.6 Å². The van der Waals surface area contributed by atoms with Crippen molar-refractivity contribution in [2.45, 2.75) is 47.5 Å². The summed E-state index contributed by atoms with van der Waals surface area (Å²) >= 11 is 4.92. The van der Waals surface area contributed by atoms with Crippen LogP contribution in [0, 0.1) is 0 Å². The summed E-state index contributed by atoms with van der Waals surface area (Å²) in [5.74, 6) is -4.66.